The summed E-state index contributed by atoms with van der Waals surface area (Å²) in [4.78, 5) is 26.9. The first-order valence-corrected chi connectivity index (χ1v) is 11.9. The van der Waals surface area contributed by atoms with Crippen molar-refractivity contribution in [1.29, 1.82) is 0 Å². The van der Waals surface area contributed by atoms with Crippen LogP contribution in [-0.4, -0.2) is 22.2 Å². The monoisotopic (exact) mass is 450 g/mol. The van der Waals surface area contributed by atoms with Crippen LogP contribution in [0.2, 0.25) is 0 Å². The molecule has 0 radical (unpaired) electrons. The van der Waals surface area contributed by atoms with Gasteiger partial charge in [-0.2, -0.15) is 0 Å². The normalized spacial score (nSPS) is 19.5. The van der Waals surface area contributed by atoms with Crippen molar-refractivity contribution in [3.8, 4) is 0 Å². The van der Waals surface area contributed by atoms with Gasteiger partial charge in [-0.05, 0) is 104 Å². The Balaban J connectivity index is 1.77. The third-order valence-electron chi connectivity index (χ3n) is 7.21. The Labute approximate surface area is 200 Å². The van der Waals surface area contributed by atoms with Gasteiger partial charge in [0.2, 0.25) is 5.78 Å². The maximum absolute atomic E-state index is 13.5. The number of carbonyl (C=O) groups excluding carboxylic acids is 1. The van der Waals surface area contributed by atoms with Crippen LogP contribution in [-0.2, 0) is 11.2 Å². The number of nitrogens with one attached hydrogen (secondary N) is 2. The van der Waals surface area contributed by atoms with Crippen LogP contribution in [0.4, 0.5) is 0 Å². The van der Waals surface area contributed by atoms with Gasteiger partial charge in [-0.1, -0.05) is 19.9 Å². The molecule has 1 aromatic heterocycles. The van der Waals surface area contributed by atoms with Gasteiger partial charge in [0.05, 0.1) is 22.8 Å². The second kappa shape index (κ2) is 8.24. The fourth-order valence-electron chi connectivity index (χ4n) is 5.01. The minimum Gasteiger partial charge on any atom is -0.355 e. The third-order valence-corrected chi connectivity index (χ3v) is 7.21. The molecule has 5 rings (SSSR count). The molecule has 0 unspecified atom stereocenters. The van der Waals surface area contributed by atoms with E-state index < -0.39 is 0 Å². The Morgan fingerprint density at radius 3 is 2.38 bits per heavy atom. The summed E-state index contributed by atoms with van der Waals surface area (Å²) in [6.07, 6.45) is 13.7. The molecule has 0 atom stereocenters. The standard InChI is InChI=1S/C29H30N4O/c1-7-20-17(5)23-12-19-10-9-11-22(30-19)29(34)28-18(6)21(8-2)27(33-28)14-25-16(4)15(3)24(31-25)13-26(20)32-23/h9-14,30,32H,7-8H2,1-6H3. The van der Waals surface area contributed by atoms with Gasteiger partial charge in [0.1, 0.15) is 5.71 Å². The van der Waals surface area contributed by atoms with Crippen molar-refractivity contribution in [1.82, 2.24) is 10.3 Å². The first-order chi connectivity index (χ1) is 16.3. The first-order valence-electron chi connectivity index (χ1n) is 11.9. The molecule has 5 nitrogen and oxygen atoms in total. The van der Waals surface area contributed by atoms with Crippen molar-refractivity contribution in [3.63, 3.8) is 0 Å². The van der Waals surface area contributed by atoms with Crippen molar-refractivity contribution in [2.24, 2.45) is 9.98 Å². The molecule has 34 heavy (non-hydrogen) atoms. The van der Waals surface area contributed by atoms with Crippen molar-refractivity contribution in [3.05, 3.63) is 91.9 Å². The van der Waals surface area contributed by atoms with Gasteiger partial charge in [-0.3, -0.25) is 4.79 Å². The number of hydrogen-bond donors (Lipinski definition) is 2. The van der Waals surface area contributed by atoms with E-state index in [2.05, 4.69) is 57.1 Å². The Morgan fingerprint density at radius 2 is 1.65 bits per heavy atom. The SMILES string of the molecule is CCC1=C(C)C2=NC1=CC1=NC(=Cc3[nH]c(c(C)c3CC)C=C3C=CC=C(N3)C2=O)C(C)=C1C. The number of Topliss-reactive ketones (excluding diaryl/α,β-unsaturated/α-hetero) is 1. The van der Waals surface area contributed by atoms with Gasteiger partial charge >= 0.3 is 0 Å². The second-order valence-electron chi connectivity index (χ2n) is 9.13. The largest absolute Gasteiger partial charge is 0.355 e. The molecule has 5 heteroatoms. The third kappa shape index (κ3) is 3.43. The maximum atomic E-state index is 13.5. The zero-order valence-corrected chi connectivity index (χ0v) is 20.7. The predicted octanol–water partition coefficient (Wildman–Crippen LogP) is 6.05. The summed E-state index contributed by atoms with van der Waals surface area (Å²) >= 11 is 0. The Bertz CT molecular complexity index is 1420. The number of nitrogens with zero attached hydrogens (tertiary/aromatic N) is 2. The lowest BCUT2D eigenvalue weighted by Crippen LogP contribution is -2.27. The van der Waals surface area contributed by atoms with Crippen molar-refractivity contribution >= 4 is 29.4 Å². The molecule has 0 aliphatic carbocycles. The van der Waals surface area contributed by atoms with E-state index in [0.717, 1.165) is 69.3 Å². The van der Waals surface area contributed by atoms with Crippen LogP contribution in [0.3, 0.4) is 0 Å². The van der Waals surface area contributed by atoms with Crippen LogP contribution in [0.5, 0.6) is 0 Å². The summed E-state index contributed by atoms with van der Waals surface area (Å²) in [5, 5.41) is 3.32. The number of ketones is 1. The number of hydrogen-bond acceptors (Lipinski definition) is 4. The van der Waals surface area contributed by atoms with Gasteiger partial charge in [0.15, 0.2) is 0 Å². The highest BCUT2D eigenvalue weighted by Gasteiger charge is 2.29. The Morgan fingerprint density at radius 1 is 0.853 bits per heavy atom. The van der Waals surface area contributed by atoms with Crippen molar-refractivity contribution in [2.75, 3.05) is 0 Å². The minimum absolute atomic E-state index is 0.0928. The molecular weight excluding hydrogens is 420 g/mol. The number of aromatic amines is 1. The molecule has 4 aliphatic heterocycles. The number of allylic oxidation sites excluding steroid dienone is 9. The van der Waals surface area contributed by atoms with Gasteiger partial charge in [0, 0.05) is 17.1 Å². The lowest BCUT2D eigenvalue weighted by atomic mass is 9.98. The Kier molecular flexibility index (Phi) is 5.35. The topological polar surface area (TPSA) is 69.6 Å². The molecule has 0 amide bonds. The molecule has 8 bridgehead atoms. The van der Waals surface area contributed by atoms with Crippen LogP contribution in [0.25, 0.3) is 12.2 Å². The van der Waals surface area contributed by atoms with Gasteiger partial charge in [0.25, 0.3) is 0 Å². The molecular formula is C29H30N4O. The number of carbonyl (C=O) groups is 1. The van der Waals surface area contributed by atoms with E-state index in [1.54, 1.807) is 0 Å². The van der Waals surface area contributed by atoms with Crippen LogP contribution in [0.15, 0.2) is 79.4 Å². The van der Waals surface area contributed by atoms with Crippen LogP contribution in [0.1, 0.15) is 63.6 Å². The lowest BCUT2D eigenvalue weighted by molar-refractivity contribution is -0.110. The zero-order chi connectivity index (χ0) is 24.1. The second-order valence-corrected chi connectivity index (χ2v) is 9.13. The van der Waals surface area contributed by atoms with E-state index in [9.17, 15) is 4.79 Å². The molecule has 0 saturated heterocycles. The molecule has 5 heterocycles. The molecule has 0 saturated carbocycles. The molecule has 4 aliphatic rings. The van der Waals surface area contributed by atoms with E-state index in [4.69, 9.17) is 9.98 Å². The maximum Gasteiger partial charge on any atom is 0.227 e. The average Bonchev–Trinajstić information content (AvgIpc) is 3.40. The number of aromatic nitrogens is 1. The molecule has 0 spiro atoms. The summed E-state index contributed by atoms with van der Waals surface area (Å²) in [7, 11) is 0. The van der Waals surface area contributed by atoms with Crippen molar-refractivity contribution in [2.45, 2.75) is 54.4 Å². The highest BCUT2D eigenvalue weighted by molar-refractivity contribution is 6.52. The predicted molar refractivity (Wildman–Crippen MR) is 141 cm³/mol. The fraction of sp³-hybridized carbons (Fsp3) is 0.276. The first kappa shape index (κ1) is 22.1. The van der Waals surface area contributed by atoms with E-state index in [-0.39, 0.29) is 5.78 Å². The van der Waals surface area contributed by atoms with Gasteiger partial charge in [-0.25, -0.2) is 9.98 Å². The summed E-state index contributed by atoms with van der Waals surface area (Å²) in [6.45, 7) is 12.6. The van der Waals surface area contributed by atoms with Crippen LogP contribution < -0.4 is 5.32 Å². The molecule has 0 aromatic carbocycles. The summed E-state index contributed by atoms with van der Waals surface area (Å²) in [5.41, 5.74) is 13.5. The minimum atomic E-state index is -0.0928. The van der Waals surface area contributed by atoms with E-state index in [0.29, 0.717) is 11.4 Å². The van der Waals surface area contributed by atoms with Gasteiger partial charge < -0.3 is 10.3 Å². The van der Waals surface area contributed by atoms with Crippen LogP contribution in [0, 0.1) is 6.92 Å². The molecule has 2 N–H and O–H groups in total. The molecule has 1 aromatic rings. The lowest BCUT2D eigenvalue weighted by Gasteiger charge is -2.14. The number of aliphatic imine (C=N–C) groups is 2. The molecule has 172 valence electrons. The summed E-state index contributed by atoms with van der Waals surface area (Å²) in [6, 6.07) is 0. The zero-order valence-electron chi connectivity index (χ0n) is 20.7. The highest BCUT2D eigenvalue weighted by Crippen LogP contribution is 2.34. The van der Waals surface area contributed by atoms with Crippen molar-refractivity contribution < 1.29 is 4.79 Å². The molecule has 0 fully saturated rings. The van der Waals surface area contributed by atoms with Gasteiger partial charge in [-0.15, -0.1) is 0 Å². The van der Waals surface area contributed by atoms with E-state index >= 15 is 0 Å². The smallest absolute Gasteiger partial charge is 0.227 e. The van der Waals surface area contributed by atoms with E-state index in [1.807, 2.05) is 31.2 Å². The quantitative estimate of drug-likeness (QED) is 0.576. The number of H-pyrrole nitrogens is 1. The Hall–Kier alpha value is -3.73. The van der Waals surface area contributed by atoms with E-state index in [1.165, 1.54) is 11.1 Å². The average molecular weight is 451 g/mol. The van der Waals surface area contributed by atoms with Crippen LogP contribution >= 0.6 is 0 Å². The highest BCUT2D eigenvalue weighted by atomic mass is 16.1. The summed E-state index contributed by atoms with van der Waals surface area (Å²) in [5.74, 6) is -0.0928. The number of rotatable bonds is 2. The fourth-order valence-corrected chi connectivity index (χ4v) is 5.01. The number of fused-ring (bicyclic) bond motifs is 6. The number of dihydropyridines is 1. The summed E-state index contributed by atoms with van der Waals surface area (Å²) < 4.78 is 0.